The van der Waals surface area contributed by atoms with Gasteiger partial charge in [-0.1, -0.05) is 19.8 Å². The van der Waals surface area contributed by atoms with E-state index >= 15 is 0 Å². The van der Waals surface area contributed by atoms with Gasteiger partial charge in [0.2, 0.25) is 0 Å². The van der Waals surface area contributed by atoms with Crippen LogP contribution < -0.4 is 0 Å². The van der Waals surface area contributed by atoms with Crippen LogP contribution in [0.15, 0.2) is 0 Å². The van der Waals surface area contributed by atoms with Gasteiger partial charge in [-0.05, 0) is 38.6 Å². The zero-order valence-electron chi connectivity index (χ0n) is 10.7. The number of Topliss-reactive ketones (excluding diaryl/α,β-unsaturated/α-hetero) is 1. The number of carbonyl (C=O) groups excluding carboxylic acids is 1. The summed E-state index contributed by atoms with van der Waals surface area (Å²) in [5.41, 5.74) is 0. The van der Waals surface area contributed by atoms with E-state index in [0.717, 1.165) is 37.8 Å². The Balaban J connectivity index is 1.84. The summed E-state index contributed by atoms with van der Waals surface area (Å²) >= 11 is 0. The minimum absolute atomic E-state index is 0.328. The first-order valence-corrected chi connectivity index (χ1v) is 6.89. The monoisotopic (exact) mass is 223 g/mol. The fourth-order valence-corrected chi connectivity index (χ4v) is 3.35. The molecule has 0 amide bonds. The van der Waals surface area contributed by atoms with E-state index in [9.17, 15) is 4.79 Å². The summed E-state index contributed by atoms with van der Waals surface area (Å²) in [6.45, 7) is 3.29. The minimum Gasteiger partial charge on any atom is -0.303 e. The molecular formula is C14H25NO. The molecule has 2 heteroatoms. The number of nitrogens with zero attached hydrogens (tertiary/aromatic N) is 1. The van der Waals surface area contributed by atoms with Gasteiger partial charge in [-0.15, -0.1) is 0 Å². The zero-order valence-corrected chi connectivity index (χ0v) is 10.7. The van der Waals surface area contributed by atoms with Gasteiger partial charge in [-0.2, -0.15) is 0 Å². The molecule has 0 bridgehead atoms. The highest BCUT2D eigenvalue weighted by molar-refractivity contribution is 5.81. The summed E-state index contributed by atoms with van der Waals surface area (Å²) in [4.78, 5) is 14.3. The molecule has 2 rings (SSSR count). The first kappa shape index (κ1) is 12.1. The number of rotatable bonds is 3. The van der Waals surface area contributed by atoms with Crippen molar-refractivity contribution >= 4 is 5.78 Å². The molecule has 2 saturated carbocycles. The van der Waals surface area contributed by atoms with Crippen molar-refractivity contribution in [3.63, 3.8) is 0 Å². The smallest absolute Gasteiger partial charge is 0.137 e. The predicted octanol–water partition coefficient (Wildman–Crippen LogP) is 2.87. The summed E-state index contributed by atoms with van der Waals surface area (Å²) in [6, 6.07) is 0.755. The normalized spacial score (nSPS) is 32.6. The highest BCUT2D eigenvalue weighted by Gasteiger charge is 2.29. The molecule has 0 spiro atoms. The Morgan fingerprint density at radius 2 is 1.94 bits per heavy atom. The van der Waals surface area contributed by atoms with Crippen LogP contribution in [0.5, 0.6) is 0 Å². The summed E-state index contributed by atoms with van der Waals surface area (Å²) in [7, 11) is 2.21. The SMILES string of the molecule is CC1CCC(=O)C(CN(C)C2CCCC2)C1. The lowest BCUT2D eigenvalue weighted by molar-refractivity contribution is -0.126. The highest BCUT2D eigenvalue weighted by Crippen LogP contribution is 2.29. The van der Waals surface area contributed by atoms with Crippen molar-refractivity contribution in [1.82, 2.24) is 4.90 Å². The van der Waals surface area contributed by atoms with Crippen molar-refractivity contribution in [1.29, 1.82) is 0 Å². The van der Waals surface area contributed by atoms with Crippen molar-refractivity contribution in [2.24, 2.45) is 11.8 Å². The van der Waals surface area contributed by atoms with Crippen LogP contribution in [0, 0.1) is 11.8 Å². The topological polar surface area (TPSA) is 20.3 Å². The Morgan fingerprint density at radius 1 is 1.25 bits per heavy atom. The third-order valence-corrected chi connectivity index (χ3v) is 4.48. The predicted molar refractivity (Wildman–Crippen MR) is 66.4 cm³/mol. The summed E-state index contributed by atoms with van der Waals surface area (Å²) in [5, 5.41) is 0. The van der Waals surface area contributed by atoms with Gasteiger partial charge in [0.1, 0.15) is 5.78 Å². The van der Waals surface area contributed by atoms with E-state index in [1.165, 1.54) is 25.7 Å². The number of carbonyl (C=O) groups is 1. The van der Waals surface area contributed by atoms with Gasteiger partial charge >= 0.3 is 0 Å². The van der Waals surface area contributed by atoms with Gasteiger partial charge in [0, 0.05) is 24.9 Å². The molecule has 2 unspecified atom stereocenters. The molecule has 2 atom stereocenters. The second kappa shape index (κ2) is 5.31. The lowest BCUT2D eigenvalue weighted by Crippen LogP contribution is -2.38. The van der Waals surface area contributed by atoms with Crippen molar-refractivity contribution in [3.8, 4) is 0 Å². The van der Waals surface area contributed by atoms with Gasteiger partial charge in [0.25, 0.3) is 0 Å². The molecule has 0 aliphatic heterocycles. The zero-order chi connectivity index (χ0) is 11.5. The Bertz CT molecular complexity index is 245. The van der Waals surface area contributed by atoms with Crippen LogP contribution in [0.4, 0.5) is 0 Å². The van der Waals surface area contributed by atoms with Gasteiger partial charge < -0.3 is 4.90 Å². The quantitative estimate of drug-likeness (QED) is 0.733. The van der Waals surface area contributed by atoms with Crippen LogP contribution in [0.1, 0.15) is 51.9 Å². The van der Waals surface area contributed by atoms with E-state index in [0.29, 0.717) is 11.7 Å². The van der Waals surface area contributed by atoms with Crippen molar-refractivity contribution in [2.75, 3.05) is 13.6 Å². The minimum atomic E-state index is 0.328. The molecule has 2 aliphatic rings. The van der Waals surface area contributed by atoms with Crippen LogP contribution in [-0.4, -0.2) is 30.3 Å². The van der Waals surface area contributed by atoms with Gasteiger partial charge in [-0.3, -0.25) is 4.79 Å². The molecule has 92 valence electrons. The summed E-state index contributed by atoms with van der Waals surface area (Å²) in [5.74, 6) is 1.59. The molecule has 0 heterocycles. The van der Waals surface area contributed by atoms with Crippen molar-refractivity contribution in [3.05, 3.63) is 0 Å². The largest absolute Gasteiger partial charge is 0.303 e. The average molecular weight is 223 g/mol. The maximum absolute atomic E-state index is 11.9. The van der Waals surface area contributed by atoms with Crippen molar-refractivity contribution in [2.45, 2.75) is 57.9 Å². The maximum atomic E-state index is 11.9. The molecule has 0 aromatic rings. The van der Waals surface area contributed by atoms with Gasteiger partial charge in [0.05, 0.1) is 0 Å². The molecule has 0 N–H and O–H groups in total. The van der Waals surface area contributed by atoms with Gasteiger partial charge in [0.15, 0.2) is 0 Å². The van der Waals surface area contributed by atoms with E-state index in [1.54, 1.807) is 0 Å². The van der Waals surface area contributed by atoms with Crippen LogP contribution in [0.3, 0.4) is 0 Å². The first-order valence-electron chi connectivity index (χ1n) is 6.89. The standard InChI is InChI=1S/C14H25NO/c1-11-7-8-14(16)12(9-11)10-15(2)13-5-3-4-6-13/h11-13H,3-10H2,1-2H3. The summed E-state index contributed by atoms with van der Waals surface area (Å²) < 4.78 is 0. The third-order valence-electron chi connectivity index (χ3n) is 4.48. The number of hydrogen-bond donors (Lipinski definition) is 0. The second-order valence-electron chi connectivity index (χ2n) is 5.92. The molecule has 2 nitrogen and oxygen atoms in total. The molecule has 2 aliphatic carbocycles. The van der Waals surface area contributed by atoms with E-state index < -0.39 is 0 Å². The number of ketones is 1. The second-order valence-corrected chi connectivity index (χ2v) is 5.92. The van der Waals surface area contributed by atoms with E-state index in [2.05, 4.69) is 18.9 Å². The molecule has 0 radical (unpaired) electrons. The van der Waals surface area contributed by atoms with Crippen molar-refractivity contribution < 1.29 is 4.79 Å². The Hall–Kier alpha value is -0.370. The van der Waals surface area contributed by atoms with E-state index in [-0.39, 0.29) is 0 Å². The Kier molecular flexibility index (Phi) is 4.01. The van der Waals surface area contributed by atoms with Gasteiger partial charge in [-0.25, -0.2) is 0 Å². The number of hydrogen-bond acceptors (Lipinski definition) is 2. The molecular weight excluding hydrogens is 198 g/mol. The highest BCUT2D eigenvalue weighted by atomic mass is 16.1. The van der Waals surface area contributed by atoms with Crippen LogP contribution in [0.2, 0.25) is 0 Å². The lowest BCUT2D eigenvalue weighted by Gasteiger charge is -2.32. The third kappa shape index (κ3) is 2.85. The summed E-state index contributed by atoms with van der Waals surface area (Å²) in [6.07, 6.45) is 8.50. The van der Waals surface area contributed by atoms with Crippen LogP contribution in [0.25, 0.3) is 0 Å². The molecule has 0 saturated heterocycles. The fourth-order valence-electron chi connectivity index (χ4n) is 3.35. The molecule has 16 heavy (non-hydrogen) atoms. The molecule has 0 aromatic heterocycles. The van der Waals surface area contributed by atoms with Crippen LogP contribution in [-0.2, 0) is 4.79 Å². The molecule has 0 aromatic carbocycles. The fraction of sp³-hybridized carbons (Fsp3) is 0.929. The van der Waals surface area contributed by atoms with Crippen LogP contribution >= 0.6 is 0 Å². The lowest BCUT2D eigenvalue weighted by atomic mass is 9.81. The average Bonchev–Trinajstić information content (AvgIpc) is 2.76. The van der Waals surface area contributed by atoms with E-state index in [4.69, 9.17) is 0 Å². The maximum Gasteiger partial charge on any atom is 0.137 e. The van der Waals surface area contributed by atoms with E-state index in [1.807, 2.05) is 0 Å². The Labute approximate surface area is 99.4 Å². The first-order chi connectivity index (χ1) is 7.66. The molecule has 2 fully saturated rings. The Morgan fingerprint density at radius 3 is 2.62 bits per heavy atom.